The van der Waals surface area contributed by atoms with E-state index in [9.17, 15) is 9.90 Å². The summed E-state index contributed by atoms with van der Waals surface area (Å²) in [5.41, 5.74) is 0.401. The molecular weight excluding hydrogens is 264 g/mol. The second-order valence-corrected chi connectivity index (χ2v) is 4.67. The van der Waals surface area contributed by atoms with Gasteiger partial charge in [0.05, 0.1) is 12.3 Å². The molecule has 9 heteroatoms. The van der Waals surface area contributed by atoms with Crippen LogP contribution in [0, 0.1) is 0 Å². The van der Waals surface area contributed by atoms with Gasteiger partial charge in [-0.2, -0.15) is 0 Å². The molecule has 2 heterocycles. The maximum absolute atomic E-state index is 11.8. The third-order valence-corrected chi connectivity index (χ3v) is 2.47. The van der Waals surface area contributed by atoms with Crippen LogP contribution in [-0.4, -0.2) is 36.2 Å². The van der Waals surface area contributed by atoms with Crippen molar-refractivity contribution < 1.29 is 14.3 Å². The van der Waals surface area contributed by atoms with Crippen molar-refractivity contribution in [1.29, 1.82) is 0 Å². The number of anilines is 1. The van der Waals surface area contributed by atoms with Crippen LogP contribution in [0.15, 0.2) is 10.6 Å². The van der Waals surface area contributed by atoms with Crippen LogP contribution in [0.1, 0.15) is 44.4 Å². The van der Waals surface area contributed by atoms with Crippen molar-refractivity contribution in [3.8, 4) is 0 Å². The Morgan fingerprint density at radius 1 is 1.40 bits per heavy atom. The van der Waals surface area contributed by atoms with E-state index in [0.717, 1.165) is 0 Å². The molecule has 0 aliphatic rings. The van der Waals surface area contributed by atoms with E-state index in [1.807, 2.05) is 13.8 Å². The number of nitrogens with one attached hydrogen (secondary N) is 1. The molecule has 2 aromatic rings. The lowest BCUT2D eigenvalue weighted by atomic mass is 10.2. The number of hydrogen-bond donors (Lipinski definition) is 2. The van der Waals surface area contributed by atoms with Crippen LogP contribution in [0.2, 0.25) is 0 Å². The van der Waals surface area contributed by atoms with Crippen molar-refractivity contribution in [3.05, 3.63) is 17.8 Å². The Hall–Kier alpha value is -2.29. The highest BCUT2D eigenvalue weighted by Crippen LogP contribution is 2.14. The predicted octanol–water partition coefficient (Wildman–Crippen LogP) is 0.476. The van der Waals surface area contributed by atoms with Crippen LogP contribution in [0.4, 0.5) is 6.01 Å². The lowest BCUT2D eigenvalue weighted by Gasteiger charge is -2.00. The lowest BCUT2D eigenvalue weighted by molar-refractivity contribution is -0.117. The van der Waals surface area contributed by atoms with Crippen molar-refractivity contribution >= 4 is 11.9 Å². The third kappa shape index (κ3) is 3.38. The first-order chi connectivity index (χ1) is 9.45. The molecule has 0 aromatic carbocycles. The molecule has 2 aromatic heterocycles. The highest BCUT2D eigenvalue weighted by molar-refractivity contribution is 5.88. The van der Waals surface area contributed by atoms with Crippen molar-refractivity contribution in [1.82, 2.24) is 25.2 Å². The summed E-state index contributed by atoms with van der Waals surface area (Å²) in [4.78, 5) is 11.8. The minimum absolute atomic E-state index is 0.0505. The Bertz CT molecular complexity index is 538. The predicted molar refractivity (Wildman–Crippen MR) is 67.7 cm³/mol. The summed E-state index contributed by atoms with van der Waals surface area (Å²) in [7, 11) is 0. The fourth-order valence-corrected chi connectivity index (χ4v) is 1.41. The molecule has 0 bridgehead atoms. The number of carbonyl (C=O) groups excluding carboxylic acids is 1. The summed E-state index contributed by atoms with van der Waals surface area (Å²) >= 11 is 0. The van der Waals surface area contributed by atoms with Crippen molar-refractivity contribution in [2.75, 3.05) is 5.32 Å². The minimum atomic E-state index is -0.726. The molecular formula is C11H16N6O3. The van der Waals surface area contributed by atoms with E-state index in [0.29, 0.717) is 11.6 Å². The summed E-state index contributed by atoms with van der Waals surface area (Å²) in [6.45, 7) is 5.33. The van der Waals surface area contributed by atoms with Gasteiger partial charge in [0.25, 0.3) is 0 Å². The van der Waals surface area contributed by atoms with E-state index in [4.69, 9.17) is 4.42 Å². The van der Waals surface area contributed by atoms with Gasteiger partial charge in [0.1, 0.15) is 12.2 Å². The monoisotopic (exact) mass is 280 g/mol. The number of aliphatic hydroxyl groups is 1. The van der Waals surface area contributed by atoms with Crippen molar-refractivity contribution in [2.45, 2.75) is 39.3 Å². The quantitative estimate of drug-likeness (QED) is 0.817. The Morgan fingerprint density at radius 3 is 2.70 bits per heavy atom. The molecule has 0 spiro atoms. The summed E-state index contributed by atoms with van der Waals surface area (Å²) in [6.07, 6.45) is 0.772. The largest absolute Gasteiger partial charge is 0.408 e. The Kier molecular flexibility index (Phi) is 4.08. The van der Waals surface area contributed by atoms with Crippen LogP contribution in [0.5, 0.6) is 0 Å². The van der Waals surface area contributed by atoms with Gasteiger partial charge in [-0.25, -0.2) is 4.68 Å². The topological polar surface area (TPSA) is 119 Å². The molecule has 9 nitrogen and oxygen atoms in total. The molecule has 2 rings (SSSR count). The van der Waals surface area contributed by atoms with Crippen LogP contribution < -0.4 is 5.32 Å². The fourth-order valence-electron chi connectivity index (χ4n) is 1.41. The lowest BCUT2D eigenvalue weighted by Crippen LogP contribution is -2.19. The summed E-state index contributed by atoms with van der Waals surface area (Å²) in [5.74, 6) is 0.181. The molecule has 0 aliphatic carbocycles. The summed E-state index contributed by atoms with van der Waals surface area (Å²) < 4.78 is 6.57. The van der Waals surface area contributed by atoms with Gasteiger partial charge in [-0.3, -0.25) is 10.1 Å². The van der Waals surface area contributed by atoms with Gasteiger partial charge >= 0.3 is 6.01 Å². The molecule has 0 saturated heterocycles. The average Bonchev–Trinajstić information content (AvgIpc) is 2.98. The molecule has 108 valence electrons. The third-order valence-electron chi connectivity index (χ3n) is 2.47. The second-order valence-electron chi connectivity index (χ2n) is 4.67. The zero-order chi connectivity index (χ0) is 14.7. The first-order valence-electron chi connectivity index (χ1n) is 6.17. The van der Waals surface area contributed by atoms with E-state index in [-0.39, 0.29) is 24.4 Å². The molecule has 0 radical (unpaired) electrons. The first kappa shape index (κ1) is 14.1. The van der Waals surface area contributed by atoms with Crippen molar-refractivity contribution in [3.63, 3.8) is 0 Å². The summed E-state index contributed by atoms with van der Waals surface area (Å²) in [6, 6.07) is 0.0505. The Labute approximate surface area is 115 Å². The SMILES string of the molecule is CC(C)c1nnc(NC(=O)Cn2cc(C(C)O)nn2)o1. The average molecular weight is 280 g/mol. The minimum Gasteiger partial charge on any atom is -0.408 e. The van der Waals surface area contributed by atoms with Gasteiger partial charge in [0.2, 0.25) is 11.8 Å². The molecule has 1 amide bonds. The number of rotatable bonds is 5. The number of carbonyl (C=O) groups is 1. The van der Waals surface area contributed by atoms with E-state index < -0.39 is 6.10 Å². The molecule has 2 N–H and O–H groups in total. The molecule has 20 heavy (non-hydrogen) atoms. The summed E-state index contributed by atoms with van der Waals surface area (Å²) in [5, 5.41) is 26.8. The van der Waals surface area contributed by atoms with Crippen LogP contribution in [0.3, 0.4) is 0 Å². The Balaban J connectivity index is 1.94. The normalized spacial score (nSPS) is 12.7. The smallest absolute Gasteiger partial charge is 0.322 e. The highest BCUT2D eigenvalue weighted by Gasteiger charge is 2.13. The number of nitrogens with zero attached hydrogens (tertiary/aromatic N) is 5. The molecule has 0 aliphatic heterocycles. The number of hydrogen-bond acceptors (Lipinski definition) is 7. The molecule has 0 saturated carbocycles. The number of amides is 1. The van der Waals surface area contributed by atoms with E-state index in [1.165, 1.54) is 10.9 Å². The van der Waals surface area contributed by atoms with Gasteiger partial charge < -0.3 is 9.52 Å². The highest BCUT2D eigenvalue weighted by atomic mass is 16.4. The van der Waals surface area contributed by atoms with Gasteiger partial charge in [-0.15, -0.1) is 10.2 Å². The standard InChI is InChI=1S/C11H16N6O3/c1-6(2)10-14-15-11(20-10)12-9(19)5-17-4-8(7(3)18)13-16-17/h4,6-7,18H,5H2,1-3H3,(H,12,15,19). The van der Waals surface area contributed by atoms with Crippen LogP contribution in [-0.2, 0) is 11.3 Å². The van der Waals surface area contributed by atoms with Gasteiger partial charge in [0.15, 0.2) is 0 Å². The van der Waals surface area contributed by atoms with Crippen molar-refractivity contribution in [2.24, 2.45) is 0 Å². The fraction of sp³-hybridized carbons (Fsp3) is 0.545. The number of aromatic nitrogens is 5. The van der Waals surface area contributed by atoms with Crippen LogP contribution in [0.25, 0.3) is 0 Å². The van der Waals surface area contributed by atoms with Crippen LogP contribution >= 0.6 is 0 Å². The molecule has 1 atom stereocenters. The zero-order valence-electron chi connectivity index (χ0n) is 11.4. The molecule has 0 fully saturated rings. The number of aliphatic hydroxyl groups excluding tert-OH is 1. The zero-order valence-corrected chi connectivity index (χ0v) is 11.4. The first-order valence-corrected chi connectivity index (χ1v) is 6.17. The van der Waals surface area contributed by atoms with E-state index in [1.54, 1.807) is 6.92 Å². The maximum Gasteiger partial charge on any atom is 0.322 e. The van der Waals surface area contributed by atoms with Gasteiger partial charge in [-0.1, -0.05) is 24.2 Å². The van der Waals surface area contributed by atoms with Gasteiger partial charge in [0, 0.05) is 5.92 Å². The second kappa shape index (κ2) is 5.78. The molecule has 1 unspecified atom stereocenters. The van der Waals surface area contributed by atoms with Gasteiger partial charge in [-0.05, 0) is 6.92 Å². The van der Waals surface area contributed by atoms with E-state index >= 15 is 0 Å². The Morgan fingerprint density at radius 2 is 2.15 bits per heavy atom. The van der Waals surface area contributed by atoms with E-state index in [2.05, 4.69) is 25.8 Å². The maximum atomic E-state index is 11.8.